The minimum absolute atomic E-state index is 0.0417. The first kappa shape index (κ1) is 25.3. The minimum Gasteiger partial charge on any atom is -0.326 e. The number of benzene rings is 1. The molecule has 0 saturated carbocycles. The van der Waals surface area contributed by atoms with Gasteiger partial charge >= 0.3 is 6.18 Å². The number of allylic oxidation sites excluding steroid dienone is 1. The zero-order chi connectivity index (χ0) is 21.0. The van der Waals surface area contributed by atoms with Gasteiger partial charge in [0.25, 0.3) is 0 Å². The van der Waals surface area contributed by atoms with Crippen LogP contribution < -0.4 is 22.4 Å². The Morgan fingerprint density at radius 2 is 1.81 bits per heavy atom. The lowest BCUT2D eigenvalue weighted by molar-refractivity contribution is -0.130. The molecule has 0 amide bonds. The van der Waals surface area contributed by atoms with Crippen molar-refractivity contribution in [3.05, 3.63) is 46.9 Å². The number of nitrogens with two attached hydrogens (primary N) is 2. The van der Waals surface area contributed by atoms with Crippen LogP contribution in [-0.2, 0) is 6.54 Å². The summed E-state index contributed by atoms with van der Waals surface area (Å²) in [4.78, 5) is 0. The van der Waals surface area contributed by atoms with Gasteiger partial charge in [-0.1, -0.05) is 39.8 Å². The summed E-state index contributed by atoms with van der Waals surface area (Å²) in [6, 6.07) is 3.80. The molecule has 0 bridgehead atoms. The van der Waals surface area contributed by atoms with Crippen LogP contribution in [0.3, 0.4) is 0 Å². The lowest BCUT2D eigenvalue weighted by Crippen LogP contribution is -2.41. The monoisotopic (exact) mass is 393 g/mol. The average molecular weight is 393 g/mol. The second-order valence-electron chi connectivity index (χ2n) is 5.22. The summed E-state index contributed by atoms with van der Waals surface area (Å²) in [6.07, 6.45) is -4.06. The van der Waals surface area contributed by atoms with E-state index in [4.69, 9.17) is 11.6 Å². The maximum atomic E-state index is 14.1. The first-order valence-electron chi connectivity index (χ1n) is 9.07. The third-order valence-electron chi connectivity index (χ3n) is 3.50. The van der Waals surface area contributed by atoms with Gasteiger partial charge in [0.15, 0.2) is 0 Å². The maximum Gasteiger partial charge on any atom is 0.394 e. The first-order valence-corrected chi connectivity index (χ1v) is 9.07. The maximum absolute atomic E-state index is 14.1. The standard InChI is InChI=1S/C14H19F4N5.2C2H6/c15-12-5-9(8-19)1-2-11(12)13-6-10(7-14(16,17)18)23(22-13)4-3-21-20;2*1-2/h1-2,5-6,13,21-22H,3-4,7-8,19-20H2;2*1-2H3. The van der Waals surface area contributed by atoms with Gasteiger partial charge in [0, 0.05) is 30.9 Å². The highest BCUT2D eigenvalue weighted by Gasteiger charge is 2.35. The van der Waals surface area contributed by atoms with Crippen LogP contribution in [0, 0.1) is 5.82 Å². The zero-order valence-corrected chi connectivity index (χ0v) is 16.3. The number of hydrazine groups is 2. The van der Waals surface area contributed by atoms with Crippen LogP contribution in [0.25, 0.3) is 0 Å². The Morgan fingerprint density at radius 1 is 1.19 bits per heavy atom. The van der Waals surface area contributed by atoms with E-state index in [1.54, 1.807) is 6.07 Å². The minimum atomic E-state index is -4.35. The summed E-state index contributed by atoms with van der Waals surface area (Å²) in [7, 11) is 0. The van der Waals surface area contributed by atoms with E-state index in [0.717, 1.165) is 0 Å². The van der Waals surface area contributed by atoms with Crippen molar-refractivity contribution in [2.24, 2.45) is 11.6 Å². The second kappa shape index (κ2) is 12.7. The van der Waals surface area contributed by atoms with Gasteiger partial charge in [0.05, 0.1) is 12.5 Å². The van der Waals surface area contributed by atoms with E-state index in [1.165, 1.54) is 23.2 Å². The van der Waals surface area contributed by atoms with Crippen molar-refractivity contribution < 1.29 is 17.6 Å². The number of hydrogen-bond acceptors (Lipinski definition) is 5. The molecule has 0 saturated heterocycles. The smallest absolute Gasteiger partial charge is 0.326 e. The highest BCUT2D eigenvalue weighted by atomic mass is 19.4. The van der Waals surface area contributed by atoms with Gasteiger partial charge < -0.3 is 10.7 Å². The molecule has 1 unspecified atom stereocenters. The van der Waals surface area contributed by atoms with Crippen LogP contribution in [0.2, 0.25) is 0 Å². The van der Waals surface area contributed by atoms with Gasteiger partial charge in [-0.3, -0.25) is 11.3 Å². The normalized spacial score (nSPS) is 16.1. The van der Waals surface area contributed by atoms with E-state index in [1.807, 2.05) is 27.7 Å². The molecular formula is C18H31F4N5. The summed E-state index contributed by atoms with van der Waals surface area (Å²) in [5.74, 6) is 4.66. The molecule has 9 heteroatoms. The fraction of sp³-hybridized carbons (Fsp3) is 0.556. The van der Waals surface area contributed by atoms with Crippen LogP contribution >= 0.6 is 0 Å². The van der Waals surface area contributed by atoms with Crippen molar-refractivity contribution in [1.29, 1.82) is 0 Å². The fourth-order valence-corrected chi connectivity index (χ4v) is 2.42. The fourth-order valence-electron chi connectivity index (χ4n) is 2.42. The molecule has 1 heterocycles. The number of rotatable bonds is 6. The van der Waals surface area contributed by atoms with Crippen LogP contribution in [0.5, 0.6) is 0 Å². The summed E-state index contributed by atoms with van der Waals surface area (Å²) in [5.41, 5.74) is 11.6. The molecule has 1 atom stereocenters. The van der Waals surface area contributed by atoms with Gasteiger partial charge in [-0.25, -0.2) is 9.82 Å². The van der Waals surface area contributed by atoms with E-state index in [0.29, 0.717) is 5.56 Å². The van der Waals surface area contributed by atoms with Crippen molar-refractivity contribution >= 4 is 0 Å². The van der Waals surface area contributed by atoms with Gasteiger partial charge in [-0.15, -0.1) is 0 Å². The first-order chi connectivity index (χ1) is 12.8. The largest absolute Gasteiger partial charge is 0.394 e. The van der Waals surface area contributed by atoms with Crippen LogP contribution in [0.1, 0.15) is 51.3 Å². The molecule has 0 aliphatic carbocycles. The third kappa shape index (κ3) is 8.25. The molecule has 1 aromatic carbocycles. The average Bonchev–Trinajstić information content (AvgIpc) is 3.03. The molecular weight excluding hydrogens is 362 g/mol. The van der Waals surface area contributed by atoms with Crippen molar-refractivity contribution in [1.82, 2.24) is 15.9 Å². The van der Waals surface area contributed by atoms with Crippen molar-refractivity contribution in [2.75, 3.05) is 13.1 Å². The van der Waals surface area contributed by atoms with Gasteiger partial charge in [0.2, 0.25) is 0 Å². The van der Waals surface area contributed by atoms with Crippen molar-refractivity contribution in [3.8, 4) is 0 Å². The highest BCUT2D eigenvalue weighted by Crippen LogP contribution is 2.33. The molecule has 27 heavy (non-hydrogen) atoms. The topological polar surface area (TPSA) is 79.3 Å². The molecule has 6 N–H and O–H groups in total. The van der Waals surface area contributed by atoms with Gasteiger partial charge in [0.1, 0.15) is 5.82 Å². The Kier molecular flexibility index (Phi) is 11.9. The number of nitrogens with zero attached hydrogens (tertiary/aromatic N) is 1. The van der Waals surface area contributed by atoms with Gasteiger partial charge in [-0.05, 0) is 17.7 Å². The van der Waals surface area contributed by atoms with Crippen LogP contribution in [-0.4, -0.2) is 24.3 Å². The third-order valence-corrected chi connectivity index (χ3v) is 3.50. The molecule has 1 aliphatic heterocycles. The van der Waals surface area contributed by atoms with E-state index in [9.17, 15) is 17.6 Å². The lowest BCUT2D eigenvalue weighted by atomic mass is 10.0. The zero-order valence-electron chi connectivity index (χ0n) is 16.3. The molecule has 1 aliphatic rings. The van der Waals surface area contributed by atoms with E-state index < -0.39 is 24.5 Å². The molecule has 2 rings (SSSR count). The lowest BCUT2D eigenvalue weighted by Gasteiger charge is -2.24. The molecule has 1 aromatic rings. The van der Waals surface area contributed by atoms with E-state index >= 15 is 0 Å². The predicted octanol–water partition coefficient (Wildman–Crippen LogP) is 3.50. The van der Waals surface area contributed by atoms with Crippen molar-refractivity contribution in [2.45, 2.75) is 52.9 Å². The Labute approximate surface area is 158 Å². The predicted molar refractivity (Wildman–Crippen MR) is 101 cm³/mol. The molecule has 5 nitrogen and oxygen atoms in total. The van der Waals surface area contributed by atoms with E-state index in [2.05, 4.69) is 10.9 Å². The Bertz CT molecular complexity index is 575. The molecule has 156 valence electrons. The Morgan fingerprint density at radius 3 is 2.30 bits per heavy atom. The molecule has 0 aromatic heterocycles. The summed E-state index contributed by atoms with van der Waals surface area (Å²) in [6.45, 7) is 8.69. The quantitative estimate of drug-likeness (QED) is 0.338. The number of halogens is 4. The molecule has 0 fully saturated rings. The van der Waals surface area contributed by atoms with E-state index in [-0.39, 0.29) is 30.9 Å². The van der Waals surface area contributed by atoms with Gasteiger partial charge in [-0.2, -0.15) is 13.2 Å². The number of alkyl halides is 3. The summed E-state index contributed by atoms with van der Waals surface area (Å²) in [5, 5.41) is 1.34. The molecule has 0 spiro atoms. The summed E-state index contributed by atoms with van der Waals surface area (Å²) < 4.78 is 52.2. The second-order valence-corrected chi connectivity index (χ2v) is 5.22. The summed E-state index contributed by atoms with van der Waals surface area (Å²) >= 11 is 0. The highest BCUT2D eigenvalue weighted by molar-refractivity contribution is 5.32. The number of hydrogen-bond donors (Lipinski definition) is 4. The van der Waals surface area contributed by atoms with Crippen molar-refractivity contribution in [3.63, 3.8) is 0 Å². The van der Waals surface area contributed by atoms with Crippen LogP contribution in [0.4, 0.5) is 17.6 Å². The molecule has 0 radical (unpaired) electrons. The number of nitrogens with one attached hydrogen (secondary N) is 2. The SMILES string of the molecule is CC.CC.NCc1ccc(C2C=C(CC(F)(F)F)N(CCNN)N2)c(F)c1. The van der Waals surface area contributed by atoms with Crippen LogP contribution in [0.15, 0.2) is 30.0 Å². The Hall–Kier alpha value is -1.68. The Balaban J connectivity index is 0.00000158.